The topological polar surface area (TPSA) is 110 Å². The summed E-state index contributed by atoms with van der Waals surface area (Å²) in [5, 5.41) is 16.6. The molecule has 2 aromatic rings. The quantitative estimate of drug-likeness (QED) is 0.578. The van der Waals surface area contributed by atoms with E-state index < -0.39 is 14.9 Å². The number of sulfonamides is 1. The Morgan fingerprint density at radius 3 is 2.43 bits per heavy atom. The van der Waals surface area contributed by atoms with Gasteiger partial charge in [0.1, 0.15) is 10.7 Å². The van der Waals surface area contributed by atoms with Crippen molar-refractivity contribution in [1.82, 2.24) is 4.90 Å². The summed E-state index contributed by atoms with van der Waals surface area (Å²) in [5.74, 6) is -0.373. The van der Waals surface area contributed by atoms with Crippen LogP contribution in [0.15, 0.2) is 41.3 Å². The fourth-order valence-corrected chi connectivity index (χ4v) is 4.16. The molecule has 0 aliphatic carbocycles. The summed E-state index contributed by atoms with van der Waals surface area (Å²) in [6, 6.07) is 8.13. The maximum absolute atomic E-state index is 14.0. The number of anilines is 1. The lowest BCUT2D eigenvalue weighted by Crippen LogP contribution is -2.46. The van der Waals surface area contributed by atoms with Gasteiger partial charge in [-0.05, 0) is 18.2 Å². The van der Waals surface area contributed by atoms with Gasteiger partial charge in [0, 0.05) is 55.4 Å². The molecule has 0 unspecified atom stereocenters. The monoisotopic (exact) mass is 428 g/mol. The van der Waals surface area contributed by atoms with Gasteiger partial charge in [-0.25, -0.2) is 17.9 Å². The molecule has 28 heavy (non-hydrogen) atoms. The minimum atomic E-state index is -4.14. The molecule has 2 N–H and O–H groups in total. The maximum atomic E-state index is 14.0. The number of non-ortho nitro benzene ring substituents is 1. The van der Waals surface area contributed by atoms with Crippen LogP contribution in [0.2, 0.25) is 5.02 Å². The number of halogens is 2. The Hall–Kier alpha value is -2.27. The zero-order chi connectivity index (χ0) is 20.5. The Bertz CT molecular complexity index is 990. The van der Waals surface area contributed by atoms with Gasteiger partial charge in [-0.3, -0.25) is 15.0 Å². The molecule has 1 saturated heterocycles. The fourth-order valence-electron chi connectivity index (χ4n) is 3.16. The molecule has 0 amide bonds. The summed E-state index contributed by atoms with van der Waals surface area (Å²) in [4.78, 5) is 13.8. The molecule has 1 fully saturated rings. The molecule has 0 saturated carbocycles. The summed E-state index contributed by atoms with van der Waals surface area (Å²) in [7, 11) is -4.14. The van der Waals surface area contributed by atoms with Gasteiger partial charge >= 0.3 is 0 Å². The van der Waals surface area contributed by atoms with E-state index in [-0.39, 0.29) is 16.4 Å². The lowest BCUT2D eigenvalue weighted by Gasteiger charge is -2.36. The number of primary sulfonamides is 1. The van der Waals surface area contributed by atoms with Gasteiger partial charge in [0.15, 0.2) is 0 Å². The molecule has 0 radical (unpaired) electrons. The van der Waals surface area contributed by atoms with Gasteiger partial charge in [0.25, 0.3) is 5.69 Å². The van der Waals surface area contributed by atoms with Crippen molar-refractivity contribution in [2.24, 2.45) is 5.14 Å². The molecule has 8 nitrogen and oxygen atoms in total. The van der Waals surface area contributed by atoms with Crippen LogP contribution in [-0.4, -0.2) is 44.4 Å². The van der Waals surface area contributed by atoms with Gasteiger partial charge < -0.3 is 4.90 Å². The second kappa shape index (κ2) is 8.00. The third kappa shape index (κ3) is 4.41. The fraction of sp³-hybridized carbons (Fsp3) is 0.294. The molecular weight excluding hydrogens is 411 g/mol. The number of nitrogens with two attached hydrogens (primary N) is 1. The number of nitro groups is 1. The summed E-state index contributed by atoms with van der Waals surface area (Å²) in [5.41, 5.74) is 0.385. The molecular formula is C17H18ClFN4O4S. The Morgan fingerprint density at radius 2 is 1.86 bits per heavy atom. The first-order valence-corrected chi connectivity index (χ1v) is 10.3. The molecule has 1 heterocycles. The second-order valence-corrected chi connectivity index (χ2v) is 8.35. The number of hydrogen-bond acceptors (Lipinski definition) is 6. The van der Waals surface area contributed by atoms with Gasteiger partial charge in [0.2, 0.25) is 10.0 Å². The predicted molar refractivity (Wildman–Crippen MR) is 103 cm³/mol. The van der Waals surface area contributed by atoms with Gasteiger partial charge in [-0.1, -0.05) is 17.7 Å². The van der Waals surface area contributed by atoms with Crippen LogP contribution in [0.1, 0.15) is 5.56 Å². The molecule has 1 aliphatic rings. The average molecular weight is 429 g/mol. The van der Waals surface area contributed by atoms with Crippen LogP contribution in [0.5, 0.6) is 0 Å². The SMILES string of the molecule is NS(=O)(=O)c1cc([N+](=O)[O-])ccc1N1CCN(Cc2c(F)cccc2Cl)CC1. The van der Waals surface area contributed by atoms with Crippen molar-refractivity contribution in [2.75, 3.05) is 31.1 Å². The van der Waals surface area contributed by atoms with Crippen molar-refractivity contribution < 1.29 is 17.7 Å². The highest BCUT2D eigenvalue weighted by Crippen LogP contribution is 2.30. The number of nitrogens with zero attached hydrogens (tertiary/aromatic N) is 3. The van der Waals surface area contributed by atoms with Gasteiger partial charge in [0.05, 0.1) is 10.6 Å². The van der Waals surface area contributed by atoms with E-state index >= 15 is 0 Å². The highest BCUT2D eigenvalue weighted by atomic mass is 35.5. The van der Waals surface area contributed by atoms with Crippen molar-refractivity contribution in [3.8, 4) is 0 Å². The van der Waals surface area contributed by atoms with E-state index in [1.807, 2.05) is 4.90 Å². The number of benzene rings is 2. The van der Waals surface area contributed by atoms with Crippen LogP contribution in [-0.2, 0) is 16.6 Å². The van der Waals surface area contributed by atoms with E-state index in [0.29, 0.717) is 49.0 Å². The zero-order valence-corrected chi connectivity index (χ0v) is 16.3. The molecule has 0 aromatic heterocycles. The number of nitro benzene ring substituents is 1. The van der Waals surface area contributed by atoms with Crippen LogP contribution >= 0.6 is 11.6 Å². The molecule has 0 atom stereocenters. The van der Waals surface area contributed by atoms with Crippen molar-refractivity contribution in [3.05, 3.63) is 62.9 Å². The van der Waals surface area contributed by atoms with Crippen molar-refractivity contribution in [1.29, 1.82) is 0 Å². The van der Waals surface area contributed by atoms with Crippen LogP contribution < -0.4 is 10.0 Å². The largest absolute Gasteiger partial charge is 0.368 e. The maximum Gasteiger partial charge on any atom is 0.270 e. The summed E-state index contributed by atoms with van der Waals surface area (Å²) >= 11 is 6.07. The standard InChI is InChI=1S/C17H18ClFN4O4S/c18-14-2-1-3-15(19)13(14)11-21-6-8-22(9-7-21)16-5-4-12(23(24)25)10-17(16)28(20,26)27/h1-5,10H,6-9,11H2,(H2,20,26,27). The van der Waals surface area contributed by atoms with Gasteiger partial charge in [-0.2, -0.15) is 0 Å². The van der Waals surface area contributed by atoms with Crippen LogP contribution in [0.3, 0.4) is 0 Å². The van der Waals surface area contributed by atoms with E-state index in [0.717, 1.165) is 6.07 Å². The molecule has 3 rings (SSSR count). The molecule has 0 bridgehead atoms. The number of piperazine rings is 1. The Balaban J connectivity index is 1.77. The van der Waals surface area contributed by atoms with Crippen LogP contribution in [0.4, 0.5) is 15.8 Å². The summed E-state index contributed by atoms with van der Waals surface area (Å²) in [6.07, 6.45) is 0. The first kappa shape index (κ1) is 20.5. The molecule has 0 spiro atoms. The Labute approximate surface area is 166 Å². The lowest BCUT2D eigenvalue weighted by atomic mass is 10.1. The third-order valence-corrected chi connectivity index (χ3v) is 5.91. The second-order valence-electron chi connectivity index (χ2n) is 6.42. The molecule has 150 valence electrons. The van der Waals surface area contributed by atoms with E-state index in [9.17, 15) is 22.9 Å². The Morgan fingerprint density at radius 1 is 1.18 bits per heavy atom. The zero-order valence-electron chi connectivity index (χ0n) is 14.7. The number of hydrogen-bond donors (Lipinski definition) is 1. The minimum Gasteiger partial charge on any atom is -0.368 e. The van der Waals surface area contributed by atoms with Crippen LogP contribution in [0.25, 0.3) is 0 Å². The Kier molecular flexibility index (Phi) is 5.84. The molecule has 11 heteroatoms. The van der Waals surface area contributed by atoms with Crippen molar-refractivity contribution in [3.63, 3.8) is 0 Å². The first-order valence-electron chi connectivity index (χ1n) is 8.38. The highest BCUT2D eigenvalue weighted by molar-refractivity contribution is 7.89. The lowest BCUT2D eigenvalue weighted by molar-refractivity contribution is -0.385. The average Bonchev–Trinajstić information content (AvgIpc) is 2.64. The first-order chi connectivity index (χ1) is 13.2. The van der Waals surface area contributed by atoms with Crippen molar-refractivity contribution in [2.45, 2.75) is 11.4 Å². The normalized spacial score (nSPS) is 15.6. The highest BCUT2D eigenvalue weighted by Gasteiger charge is 2.26. The van der Waals surface area contributed by atoms with Crippen molar-refractivity contribution >= 4 is 33.0 Å². The molecule has 2 aromatic carbocycles. The third-order valence-electron chi connectivity index (χ3n) is 4.62. The van der Waals surface area contributed by atoms with Crippen LogP contribution in [0, 0.1) is 15.9 Å². The van der Waals surface area contributed by atoms with E-state index in [4.69, 9.17) is 16.7 Å². The predicted octanol–water partition coefficient (Wildman–Crippen LogP) is 2.36. The van der Waals surface area contributed by atoms with E-state index in [1.165, 1.54) is 18.2 Å². The summed E-state index contributed by atoms with van der Waals surface area (Å²) < 4.78 is 37.8. The summed E-state index contributed by atoms with van der Waals surface area (Å²) in [6.45, 7) is 2.30. The van der Waals surface area contributed by atoms with E-state index in [2.05, 4.69) is 0 Å². The molecule has 1 aliphatic heterocycles. The van der Waals surface area contributed by atoms with Gasteiger partial charge in [-0.15, -0.1) is 0 Å². The van der Waals surface area contributed by atoms with E-state index in [1.54, 1.807) is 17.0 Å². The minimum absolute atomic E-state index is 0.285. The number of rotatable bonds is 5. The smallest absolute Gasteiger partial charge is 0.270 e.